The first-order valence-electron chi connectivity index (χ1n) is 2.58. The maximum atomic E-state index is 11.8. The van der Waals surface area contributed by atoms with E-state index in [0.717, 1.165) is 24.5 Å². The van der Waals surface area contributed by atoms with Crippen LogP contribution in [0, 0.1) is 0 Å². The third-order valence-electron chi connectivity index (χ3n) is 1.01. The van der Waals surface area contributed by atoms with Crippen molar-refractivity contribution in [2.75, 3.05) is 0 Å². The Morgan fingerprint density at radius 2 is 1.29 bits per heavy atom. The van der Waals surface area contributed by atoms with Crippen LogP contribution in [0.5, 0.6) is 0 Å². The highest BCUT2D eigenvalue weighted by molar-refractivity contribution is 5.75. The zero-order valence-corrected chi connectivity index (χ0v) is 6.69. The Kier molecular flexibility index (Phi) is 13.8. The maximum absolute atomic E-state index is 11.8. The molecule has 0 bridgehead atoms. The maximum Gasteiger partial charge on any atom is 0.416 e. The number of nitrogens with zero attached hydrogens (tertiary/aromatic N) is 1. The lowest BCUT2D eigenvalue weighted by Gasteiger charge is -2.03. The minimum atomic E-state index is -4.25. The molecule has 0 aliphatic carbocycles. The van der Waals surface area contributed by atoms with Gasteiger partial charge in [-0.05, 0) is 12.1 Å². The molecular weight excluding hydrogens is 211 g/mol. The zero-order chi connectivity index (χ0) is 7.61. The molecule has 1 nitrogen and oxygen atoms in total. The lowest BCUT2D eigenvalue weighted by atomic mass is 10.3. The van der Waals surface area contributed by atoms with E-state index in [1.807, 2.05) is 0 Å². The molecule has 0 amide bonds. The van der Waals surface area contributed by atoms with Crippen molar-refractivity contribution in [3.63, 3.8) is 0 Å². The summed E-state index contributed by atoms with van der Waals surface area (Å²) in [5.74, 6) is 0. The molecule has 0 saturated carbocycles. The van der Waals surface area contributed by atoms with Crippen molar-refractivity contribution in [1.82, 2.24) is 4.98 Å². The SMILES string of the molecule is F.F.F.FC(F)(F)c1ccncc1.[B]. The van der Waals surface area contributed by atoms with Gasteiger partial charge < -0.3 is 0 Å². The summed E-state index contributed by atoms with van der Waals surface area (Å²) in [5.41, 5.74) is -0.664. The third-order valence-corrected chi connectivity index (χ3v) is 1.01. The Morgan fingerprint density at radius 1 is 0.929 bits per heavy atom. The fourth-order valence-electron chi connectivity index (χ4n) is 0.541. The molecule has 1 aromatic heterocycles. The van der Waals surface area contributed by atoms with Gasteiger partial charge in [-0.3, -0.25) is 19.1 Å². The molecule has 0 spiro atoms. The van der Waals surface area contributed by atoms with E-state index in [9.17, 15) is 13.2 Å². The molecule has 1 aromatic rings. The second kappa shape index (κ2) is 8.40. The standard InChI is InChI=1S/C6H4F3N.B.3FH/c7-6(8,9)5-1-3-10-4-2-5;;;;/h1-4H;;3*1H. The number of hydrogen-bond donors (Lipinski definition) is 0. The molecule has 0 N–H and O–H groups in total. The van der Waals surface area contributed by atoms with Crippen LogP contribution in [0.15, 0.2) is 24.5 Å². The molecule has 0 aromatic carbocycles. The van der Waals surface area contributed by atoms with E-state index in [4.69, 9.17) is 0 Å². The fourth-order valence-corrected chi connectivity index (χ4v) is 0.541. The van der Waals surface area contributed by atoms with Crippen LogP contribution in [0.1, 0.15) is 5.56 Å². The Hall–Kier alpha value is -1.21. The topological polar surface area (TPSA) is 12.9 Å². The van der Waals surface area contributed by atoms with E-state index in [0.29, 0.717) is 0 Å². The molecular formula is C6H7BF6N. The van der Waals surface area contributed by atoms with E-state index >= 15 is 0 Å². The van der Waals surface area contributed by atoms with Crippen LogP contribution >= 0.6 is 0 Å². The lowest BCUT2D eigenvalue weighted by Crippen LogP contribution is -2.03. The molecule has 1 heterocycles. The Morgan fingerprint density at radius 3 is 1.50 bits per heavy atom. The highest BCUT2D eigenvalue weighted by Gasteiger charge is 2.29. The molecule has 0 saturated heterocycles. The van der Waals surface area contributed by atoms with Gasteiger partial charge in [-0.2, -0.15) is 13.2 Å². The summed E-state index contributed by atoms with van der Waals surface area (Å²) >= 11 is 0. The van der Waals surface area contributed by atoms with Gasteiger partial charge in [0, 0.05) is 20.8 Å². The summed E-state index contributed by atoms with van der Waals surface area (Å²) < 4.78 is 35.3. The van der Waals surface area contributed by atoms with Crippen LogP contribution in [-0.4, -0.2) is 13.4 Å². The number of pyridine rings is 1. The Balaban J connectivity index is -0.000000125. The minimum absolute atomic E-state index is 0. The van der Waals surface area contributed by atoms with Crippen LogP contribution in [0.2, 0.25) is 0 Å². The Bertz CT molecular complexity index is 213. The van der Waals surface area contributed by atoms with Gasteiger partial charge in [-0.1, -0.05) is 0 Å². The van der Waals surface area contributed by atoms with Crippen LogP contribution in [-0.2, 0) is 6.18 Å². The van der Waals surface area contributed by atoms with Gasteiger partial charge in [0.2, 0.25) is 0 Å². The van der Waals surface area contributed by atoms with Crippen molar-refractivity contribution in [3.8, 4) is 0 Å². The van der Waals surface area contributed by atoms with E-state index in [1.165, 1.54) is 0 Å². The summed E-state index contributed by atoms with van der Waals surface area (Å²) in [7, 11) is 0. The zero-order valence-electron chi connectivity index (χ0n) is 6.69. The van der Waals surface area contributed by atoms with Crippen molar-refractivity contribution in [1.29, 1.82) is 0 Å². The third kappa shape index (κ3) is 6.33. The largest absolute Gasteiger partial charge is 0.416 e. The highest BCUT2D eigenvalue weighted by Crippen LogP contribution is 2.27. The van der Waals surface area contributed by atoms with E-state index in [-0.39, 0.29) is 22.5 Å². The first-order valence-corrected chi connectivity index (χ1v) is 2.58. The van der Waals surface area contributed by atoms with Crippen LogP contribution in [0.3, 0.4) is 0 Å². The predicted molar refractivity (Wildman–Crippen MR) is 42.5 cm³/mol. The summed E-state index contributed by atoms with van der Waals surface area (Å²) in [6, 6.07) is 1.86. The van der Waals surface area contributed by atoms with Gasteiger partial charge in [0.1, 0.15) is 0 Å². The number of alkyl halides is 3. The lowest BCUT2D eigenvalue weighted by molar-refractivity contribution is -0.137. The van der Waals surface area contributed by atoms with Crippen LogP contribution < -0.4 is 0 Å². The molecule has 3 radical (unpaired) electrons. The van der Waals surface area contributed by atoms with Gasteiger partial charge in [-0.25, -0.2) is 0 Å². The molecule has 0 fully saturated rings. The Labute approximate surface area is 78.0 Å². The summed E-state index contributed by atoms with van der Waals surface area (Å²) in [5, 5.41) is 0. The summed E-state index contributed by atoms with van der Waals surface area (Å²) in [6.45, 7) is 0. The van der Waals surface area contributed by atoms with Crippen molar-refractivity contribution >= 4 is 8.41 Å². The first-order chi connectivity index (χ1) is 4.61. The second-order valence-corrected chi connectivity index (χ2v) is 1.73. The van der Waals surface area contributed by atoms with E-state index < -0.39 is 11.7 Å². The fraction of sp³-hybridized carbons (Fsp3) is 0.167. The molecule has 0 unspecified atom stereocenters. The van der Waals surface area contributed by atoms with Crippen molar-refractivity contribution < 1.29 is 27.3 Å². The first kappa shape index (κ1) is 23.0. The number of halogens is 6. The second-order valence-electron chi connectivity index (χ2n) is 1.73. The summed E-state index contributed by atoms with van der Waals surface area (Å²) in [4.78, 5) is 3.46. The average molecular weight is 218 g/mol. The highest BCUT2D eigenvalue weighted by atomic mass is 19.4. The van der Waals surface area contributed by atoms with Gasteiger partial charge in [-0.15, -0.1) is 0 Å². The van der Waals surface area contributed by atoms with Gasteiger partial charge in [0.25, 0.3) is 0 Å². The van der Waals surface area contributed by atoms with E-state index in [2.05, 4.69) is 4.98 Å². The number of aromatic nitrogens is 1. The minimum Gasteiger partial charge on any atom is -0.269 e. The predicted octanol–water partition coefficient (Wildman–Crippen LogP) is 2.18. The van der Waals surface area contributed by atoms with Crippen molar-refractivity contribution in [2.45, 2.75) is 6.18 Å². The number of hydrogen-bond acceptors (Lipinski definition) is 1. The van der Waals surface area contributed by atoms with Crippen molar-refractivity contribution in [3.05, 3.63) is 30.1 Å². The van der Waals surface area contributed by atoms with Gasteiger partial charge in [0.15, 0.2) is 0 Å². The monoisotopic (exact) mass is 218 g/mol. The molecule has 8 heteroatoms. The smallest absolute Gasteiger partial charge is 0.269 e. The summed E-state index contributed by atoms with van der Waals surface area (Å²) in [6.07, 6.45) is -2.02. The van der Waals surface area contributed by atoms with Gasteiger partial charge >= 0.3 is 6.18 Å². The molecule has 0 atom stereocenters. The van der Waals surface area contributed by atoms with Crippen molar-refractivity contribution in [2.24, 2.45) is 0 Å². The normalized spacial score (nSPS) is 8.21. The molecule has 1 rings (SSSR count). The average Bonchev–Trinajstić information content (AvgIpc) is 1.88. The molecule has 0 aliphatic rings. The molecule has 81 valence electrons. The van der Waals surface area contributed by atoms with Crippen LogP contribution in [0.25, 0.3) is 0 Å². The molecule has 0 aliphatic heterocycles. The van der Waals surface area contributed by atoms with Gasteiger partial charge in [0.05, 0.1) is 5.56 Å². The quantitative estimate of drug-likeness (QED) is 0.480. The number of rotatable bonds is 0. The van der Waals surface area contributed by atoms with E-state index in [1.54, 1.807) is 0 Å². The molecule has 14 heavy (non-hydrogen) atoms. The van der Waals surface area contributed by atoms with Crippen LogP contribution in [0.4, 0.5) is 27.3 Å².